The van der Waals surface area contributed by atoms with Gasteiger partial charge in [0.2, 0.25) is 0 Å². The van der Waals surface area contributed by atoms with Gasteiger partial charge in [0.15, 0.2) is 5.78 Å². The minimum Gasteiger partial charge on any atom is -0.507 e. The Balaban J connectivity index is 3.32. The molecule has 0 unspecified atom stereocenters. The van der Waals surface area contributed by atoms with Crippen molar-refractivity contribution in [2.45, 2.75) is 13.3 Å². The average molecular weight is 208 g/mol. The van der Waals surface area contributed by atoms with E-state index in [9.17, 15) is 14.7 Å². The van der Waals surface area contributed by atoms with Crippen LogP contribution in [-0.2, 0) is 4.74 Å². The minimum atomic E-state index is -0.704. The Morgan fingerprint density at radius 1 is 1.40 bits per heavy atom. The summed E-state index contributed by atoms with van der Waals surface area (Å²) >= 11 is 0. The molecule has 0 aromatic heterocycles. The van der Waals surface area contributed by atoms with E-state index in [2.05, 4.69) is 4.74 Å². The number of phenolic OH excluding ortho intramolecular Hbond substituents is 1. The number of benzene rings is 1. The number of hydrogen-bond donors (Lipinski definition) is 1. The molecule has 15 heavy (non-hydrogen) atoms. The van der Waals surface area contributed by atoms with Gasteiger partial charge in [-0.15, -0.1) is 0 Å². The first-order valence-electron chi connectivity index (χ1n) is 4.55. The van der Waals surface area contributed by atoms with Crippen LogP contribution >= 0.6 is 0 Å². The smallest absolute Gasteiger partial charge is 0.342 e. The molecule has 0 atom stereocenters. The normalized spacial score (nSPS) is 9.73. The van der Waals surface area contributed by atoms with Gasteiger partial charge in [-0.3, -0.25) is 4.79 Å². The maximum absolute atomic E-state index is 11.5. The van der Waals surface area contributed by atoms with E-state index in [0.29, 0.717) is 0 Å². The van der Waals surface area contributed by atoms with E-state index in [-0.39, 0.29) is 29.1 Å². The number of carbonyl (C=O) groups excluding carboxylic acids is 2. The number of esters is 1. The molecule has 0 saturated heterocycles. The van der Waals surface area contributed by atoms with Crippen LogP contribution in [0.1, 0.15) is 34.1 Å². The van der Waals surface area contributed by atoms with Crippen molar-refractivity contribution >= 4 is 11.8 Å². The number of methoxy groups -OCH3 is 1. The van der Waals surface area contributed by atoms with Crippen molar-refractivity contribution in [1.82, 2.24) is 0 Å². The predicted octanol–water partition coefficient (Wildman–Crippen LogP) is 1.77. The summed E-state index contributed by atoms with van der Waals surface area (Å²) in [7, 11) is 1.20. The van der Waals surface area contributed by atoms with E-state index in [1.165, 1.54) is 25.3 Å². The number of Topliss-reactive ketones (excluding diaryl/α,β-unsaturated/α-hetero) is 1. The summed E-state index contributed by atoms with van der Waals surface area (Å²) in [4.78, 5) is 22.8. The molecule has 80 valence electrons. The third kappa shape index (κ3) is 2.15. The first kappa shape index (κ1) is 11.2. The fourth-order valence-corrected chi connectivity index (χ4v) is 1.28. The Kier molecular flexibility index (Phi) is 3.44. The number of rotatable bonds is 3. The van der Waals surface area contributed by atoms with Crippen LogP contribution in [0.15, 0.2) is 18.2 Å². The molecule has 1 aromatic carbocycles. The zero-order valence-electron chi connectivity index (χ0n) is 8.61. The second-order valence-electron chi connectivity index (χ2n) is 2.97. The van der Waals surface area contributed by atoms with Crippen molar-refractivity contribution < 1.29 is 19.4 Å². The lowest BCUT2D eigenvalue weighted by Gasteiger charge is -2.07. The van der Waals surface area contributed by atoms with Gasteiger partial charge in [-0.2, -0.15) is 0 Å². The van der Waals surface area contributed by atoms with Crippen LogP contribution in [0.3, 0.4) is 0 Å². The Morgan fingerprint density at radius 3 is 2.60 bits per heavy atom. The van der Waals surface area contributed by atoms with Crippen LogP contribution in [0.4, 0.5) is 0 Å². The van der Waals surface area contributed by atoms with Gasteiger partial charge < -0.3 is 9.84 Å². The number of ketones is 1. The number of carbonyl (C=O) groups is 2. The van der Waals surface area contributed by atoms with Crippen LogP contribution in [0.25, 0.3) is 0 Å². The second-order valence-corrected chi connectivity index (χ2v) is 2.97. The zero-order valence-corrected chi connectivity index (χ0v) is 8.61. The van der Waals surface area contributed by atoms with Gasteiger partial charge in [0.1, 0.15) is 11.3 Å². The lowest BCUT2D eigenvalue weighted by Crippen LogP contribution is -2.10. The van der Waals surface area contributed by atoms with E-state index < -0.39 is 5.97 Å². The molecule has 0 amide bonds. The average Bonchev–Trinajstić information content (AvgIpc) is 2.26. The van der Waals surface area contributed by atoms with Gasteiger partial charge in [0.25, 0.3) is 0 Å². The van der Waals surface area contributed by atoms with Crippen LogP contribution in [-0.4, -0.2) is 24.0 Å². The standard InChI is InChI=1S/C11H12O4/c1-3-8(12)7-5-4-6-9(13)10(7)11(14)15-2/h4-6,13H,3H2,1-2H3. The number of phenols is 1. The second kappa shape index (κ2) is 4.59. The molecular formula is C11H12O4. The lowest BCUT2D eigenvalue weighted by atomic mass is 10.0. The molecule has 1 N–H and O–H groups in total. The molecule has 0 aliphatic heterocycles. The van der Waals surface area contributed by atoms with Crippen molar-refractivity contribution in [3.63, 3.8) is 0 Å². The zero-order chi connectivity index (χ0) is 11.4. The number of ether oxygens (including phenoxy) is 1. The summed E-state index contributed by atoms with van der Waals surface area (Å²) in [5.74, 6) is -1.14. The van der Waals surface area contributed by atoms with Gasteiger partial charge in [-0.05, 0) is 6.07 Å². The van der Waals surface area contributed by atoms with E-state index in [0.717, 1.165) is 0 Å². The molecule has 0 aliphatic carbocycles. The fourth-order valence-electron chi connectivity index (χ4n) is 1.28. The van der Waals surface area contributed by atoms with E-state index in [1.807, 2.05) is 0 Å². The van der Waals surface area contributed by atoms with Gasteiger partial charge >= 0.3 is 5.97 Å². The molecular weight excluding hydrogens is 196 g/mol. The van der Waals surface area contributed by atoms with Crippen molar-refractivity contribution in [2.75, 3.05) is 7.11 Å². The third-order valence-corrected chi connectivity index (χ3v) is 2.05. The topological polar surface area (TPSA) is 63.6 Å². The third-order valence-electron chi connectivity index (χ3n) is 2.05. The number of aromatic hydroxyl groups is 1. The van der Waals surface area contributed by atoms with Crippen LogP contribution in [0.5, 0.6) is 5.75 Å². The first-order valence-corrected chi connectivity index (χ1v) is 4.55. The molecule has 0 fully saturated rings. The van der Waals surface area contributed by atoms with Crippen LogP contribution < -0.4 is 0 Å². The Morgan fingerprint density at radius 2 is 2.07 bits per heavy atom. The molecule has 0 saturated carbocycles. The van der Waals surface area contributed by atoms with E-state index >= 15 is 0 Å². The molecule has 0 bridgehead atoms. The summed E-state index contributed by atoms with van der Waals surface area (Å²) in [5.41, 5.74) is 0.135. The molecule has 1 rings (SSSR count). The maximum Gasteiger partial charge on any atom is 0.342 e. The van der Waals surface area contributed by atoms with Crippen LogP contribution in [0, 0.1) is 0 Å². The summed E-state index contributed by atoms with van der Waals surface area (Å²) in [6, 6.07) is 4.36. The highest BCUT2D eigenvalue weighted by Crippen LogP contribution is 2.22. The highest BCUT2D eigenvalue weighted by Gasteiger charge is 2.20. The lowest BCUT2D eigenvalue weighted by molar-refractivity contribution is 0.0593. The molecule has 4 nitrogen and oxygen atoms in total. The SMILES string of the molecule is CCC(=O)c1cccc(O)c1C(=O)OC. The van der Waals surface area contributed by atoms with Gasteiger partial charge in [0.05, 0.1) is 7.11 Å². The minimum absolute atomic E-state index is 0.0631. The van der Waals surface area contributed by atoms with E-state index in [1.54, 1.807) is 6.92 Å². The Hall–Kier alpha value is -1.84. The van der Waals surface area contributed by atoms with Crippen molar-refractivity contribution in [2.24, 2.45) is 0 Å². The fraction of sp³-hybridized carbons (Fsp3) is 0.273. The summed E-state index contributed by atoms with van der Waals surface area (Å²) in [6.45, 7) is 1.69. The Labute approximate surface area is 87.5 Å². The molecule has 0 heterocycles. The van der Waals surface area contributed by atoms with Crippen LogP contribution in [0.2, 0.25) is 0 Å². The van der Waals surface area contributed by atoms with Gasteiger partial charge in [-0.25, -0.2) is 4.79 Å². The van der Waals surface area contributed by atoms with E-state index in [4.69, 9.17) is 0 Å². The summed E-state index contributed by atoms with van der Waals surface area (Å²) < 4.78 is 4.50. The largest absolute Gasteiger partial charge is 0.507 e. The number of hydrogen-bond acceptors (Lipinski definition) is 4. The summed E-state index contributed by atoms with van der Waals surface area (Å²) in [6.07, 6.45) is 0.271. The van der Waals surface area contributed by atoms with Crippen molar-refractivity contribution in [1.29, 1.82) is 0 Å². The van der Waals surface area contributed by atoms with Crippen molar-refractivity contribution in [3.05, 3.63) is 29.3 Å². The molecule has 0 spiro atoms. The molecule has 0 aliphatic rings. The molecule has 4 heteroatoms. The monoisotopic (exact) mass is 208 g/mol. The highest BCUT2D eigenvalue weighted by atomic mass is 16.5. The maximum atomic E-state index is 11.5. The van der Waals surface area contributed by atoms with Gasteiger partial charge in [0, 0.05) is 12.0 Å². The molecule has 1 aromatic rings. The van der Waals surface area contributed by atoms with Gasteiger partial charge in [-0.1, -0.05) is 19.1 Å². The van der Waals surface area contributed by atoms with Crippen molar-refractivity contribution in [3.8, 4) is 5.75 Å². The predicted molar refractivity (Wildman–Crippen MR) is 54.1 cm³/mol. The quantitative estimate of drug-likeness (QED) is 0.607. The Bertz CT molecular complexity index is 396. The highest BCUT2D eigenvalue weighted by molar-refractivity contribution is 6.07. The molecule has 0 radical (unpaired) electrons. The summed E-state index contributed by atoms with van der Waals surface area (Å²) in [5, 5.41) is 9.48. The first-order chi connectivity index (χ1) is 7.11.